The summed E-state index contributed by atoms with van der Waals surface area (Å²) in [5.74, 6) is -1.40. The number of aliphatic carboxylic acids is 1. The van der Waals surface area contributed by atoms with E-state index in [4.69, 9.17) is 14.6 Å². The fourth-order valence-corrected chi connectivity index (χ4v) is 4.28. The highest BCUT2D eigenvalue weighted by atomic mass is 16.5. The van der Waals surface area contributed by atoms with Gasteiger partial charge in [0.25, 0.3) is 0 Å². The fraction of sp³-hybridized carbons (Fsp3) is 0.423. The molecule has 8 heteroatoms. The molecule has 2 aromatic rings. The van der Waals surface area contributed by atoms with E-state index in [2.05, 4.69) is 22.8 Å². The fourth-order valence-electron chi connectivity index (χ4n) is 4.28. The van der Waals surface area contributed by atoms with Crippen LogP contribution in [-0.2, 0) is 19.1 Å². The normalized spacial score (nSPS) is 14.1. The lowest BCUT2D eigenvalue weighted by atomic mass is 9.98. The van der Waals surface area contributed by atoms with Crippen LogP contribution in [0.2, 0.25) is 0 Å². The maximum Gasteiger partial charge on any atom is 0.407 e. The molecule has 2 aromatic carbocycles. The Morgan fingerprint density at radius 3 is 2.12 bits per heavy atom. The van der Waals surface area contributed by atoms with Crippen molar-refractivity contribution in [2.24, 2.45) is 5.92 Å². The second-order valence-corrected chi connectivity index (χ2v) is 8.79. The van der Waals surface area contributed by atoms with Crippen LogP contribution in [0.15, 0.2) is 48.5 Å². The van der Waals surface area contributed by atoms with Gasteiger partial charge in [-0.15, -0.1) is 0 Å². The molecule has 0 fully saturated rings. The Kier molecular flexibility index (Phi) is 8.65. The molecule has 0 aliphatic heterocycles. The van der Waals surface area contributed by atoms with Crippen molar-refractivity contribution in [1.82, 2.24) is 10.6 Å². The topological polar surface area (TPSA) is 114 Å². The molecule has 2 atom stereocenters. The van der Waals surface area contributed by atoms with Crippen molar-refractivity contribution in [3.05, 3.63) is 59.7 Å². The Morgan fingerprint density at radius 2 is 1.59 bits per heavy atom. The molecule has 0 bridgehead atoms. The highest BCUT2D eigenvalue weighted by molar-refractivity contribution is 5.86. The van der Waals surface area contributed by atoms with E-state index < -0.39 is 24.2 Å². The number of carboxylic acids is 1. The molecule has 0 saturated heterocycles. The third kappa shape index (κ3) is 6.14. The lowest BCUT2D eigenvalue weighted by Crippen LogP contribution is -2.48. The van der Waals surface area contributed by atoms with Gasteiger partial charge in [-0.1, -0.05) is 62.4 Å². The smallest absolute Gasteiger partial charge is 0.407 e. The number of hydrogen-bond donors (Lipinski definition) is 3. The summed E-state index contributed by atoms with van der Waals surface area (Å²) in [6.07, 6.45) is -1.12. The van der Waals surface area contributed by atoms with Gasteiger partial charge in [0.2, 0.25) is 5.91 Å². The number of alkyl carbamates (subject to hydrolysis) is 1. The van der Waals surface area contributed by atoms with Gasteiger partial charge in [-0.25, -0.2) is 9.59 Å². The number of amides is 2. The number of benzene rings is 2. The minimum atomic E-state index is -1.09. The average molecular weight is 469 g/mol. The van der Waals surface area contributed by atoms with Crippen LogP contribution in [0.5, 0.6) is 0 Å². The average Bonchev–Trinajstić information content (AvgIpc) is 3.13. The number of methoxy groups -OCH3 is 1. The molecule has 182 valence electrons. The lowest BCUT2D eigenvalue weighted by Gasteiger charge is -2.21. The largest absolute Gasteiger partial charge is 0.479 e. The lowest BCUT2D eigenvalue weighted by molar-refractivity contribution is -0.149. The molecule has 0 radical (unpaired) electrons. The molecule has 1 aliphatic carbocycles. The summed E-state index contributed by atoms with van der Waals surface area (Å²) in [5, 5.41) is 14.4. The second kappa shape index (κ2) is 11.7. The first-order chi connectivity index (χ1) is 16.3. The zero-order valence-corrected chi connectivity index (χ0v) is 19.7. The van der Waals surface area contributed by atoms with Crippen molar-refractivity contribution in [2.45, 2.75) is 44.8 Å². The van der Waals surface area contributed by atoms with E-state index in [1.54, 1.807) is 0 Å². The van der Waals surface area contributed by atoms with Crippen LogP contribution in [0.4, 0.5) is 4.79 Å². The molecule has 1 unspecified atom stereocenters. The second-order valence-electron chi connectivity index (χ2n) is 8.79. The highest BCUT2D eigenvalue weighted by Crippen LogP contribution is 2.44. The van der Waals surface area contributed by atoms with E-state index in [0.717, 1.165) is 22.3 Å². The predicted octanol–water partition coefficient (Wildman–Crippen LogP) is 3.55. The van der Waals surface area contributed by atoms with Gasteiger partial charge in [0.05, 0.1) is 0 Å². The number of nitrogens with one attached hydrogen (secondary N) is 2. The van der Waals surface area contributed by atoms with Crippen molar-refractivity contribution in [1.29, 1.82) is 0 Å². The first-order valence-corrected chi connectivity index (χ1v) is 11.5. The summed E-state index contributed by atoms with van der Waals surface area (Å²) in [6, 6.07) is 15.4. The maximum atomic E-state index is 12.7. The van der Waals surface area contributed by atoms with Crippen LogP contribution < -0.4 is 10.6 Å². The minimum absolute atomic E-state index is 0.0717. The molecule has 0 saturated carbocycles. The van der Waals surface area contributed by atoms with Crippen molar-refractivity contribution in [3.8, 4) is 11.1 Å². The highest BCUT2D eigenvalue weighted by Gasteiger charge is 2.30. The van der Waals surface area contributed by atoms with E-state index in [1.807, 2.05) is 50.2 Å². The van der Waals surface area contributed by atoms with Crippen molar-refractivity contribution >= 4 is 18.0 Å². The number of hydrogen-bond acceptors (Lipinski definition) is 5. The molecule has 3 rings (SSSR count). The van der Waals surface area contributed by atoms with Gasteiger partial charge in [-0.05, 0) is 34.6 Å². The zero-order valence-electron chi connectivity index (χ0n) is 19.7. The van der Waals surface area contributed by atoms with Crippen molar-refractivity contribution in [2.75, 3.05) is 20.3 Å². The van der Waals surface area contributed by atoms with E-state index in [0.29, 0.717) is 6.42 Å². The van der Waals surface area contributed by atoms with Crippen molar-refractivity contribution in [3.63, 3.8) is 0 Å². The number of fused-ring (bicyclic) bond motifs is 3. The van der Waals surface area contributed by atoms with Gasteiger partial charge < -0.3 is 25.2 Å². The van der Waals surface area contributed by atoms with Gasteiger partial charge in [0, 0.05) is 26.0 Å². The van der Waals surface area contributed by atoms with Gasteiger partial charge >= 0.3 is 12.1 Å². The van der Waals surface area contributed by atoms with E-state index in [-0.39, 0.29) is 37.3 Å². The zero-order chi connectivity index (χ0) is 24.7. The van der Waals surface area contributed by atoms with Gasteiger partial charge in [-0.3, -0.25) is 4.79 Å². The van der Waals surface area contributed by atoms with Crippen LogP contribution in [0, 0.1) is 5.92 Å². The Labute approximate surface area is 199 Å². The summed E-state index contributed by atoms with van der Waals surface area (Å²) in [7, 11) is 1.31. The quantitative estimate of drug-likeness (QED) is 0.465. The van der Waals surface area contributed by atoms with Crippen LogP contribution in [0.3, 0.4) is 0 Å². The van der Waals surface area contributed by atoms with Gasteiger partial charge in [0.1, 0.15) is 12.6 Å². The van der Waals surface area contributed by atoms with E-state index in [1.165, 1.54) is 7.11 Å². The number of carbonyl (C=O) groups is 3. The van der Waals surface area contributed by atoms with Crippen LogP contribution in [0.1, 0.15) is 43.7 Å². The Bertz CT molecular complexity index is 976. The molecule has 3 N–H and O–H groups in total. The molecular weight excluding hydrogens is 436 g/mol. The number of ether oxygens (including phenoxy) is 2. The van der Waals surface area contributed by atoms with Gasteiger partial charge in [-0.2, -0.15) is 0 Å². The first-order valence-electron chi connectivity index (χ1n) is 11.5. The summed E-state index contributed by atoms with van der Waals surface area (Å²) < 4.78 is 10.4. The third-order valence-corrected chi connectivity index (χ3v) is 5.93. The standard InChI is InChI=1S/C26H32N2O6/c1-16(2)14-22(24(29)27-13-12-23(33-3)25(30)31)28-26(32)34-15-21-19-10-6-4-8-17(19)18-9-5-7-11-20(18)21/h4-11,16,21-23H,12-15H2,1-3H3,(H,27,29)(H,28,32)(H,30,31)/t22-,23?/m0/s1. The third-order valence-electron chi connectivity index (χ3n) is 5.93. The molecular formula is C26H32N2O6. The van der Waals surface area contributed by atoms with Crippen LogP contribution in [-0.4, -0.2) is 55.5 Å². The minimum Gasteiger partial charge on any atom is -0.479 e. The predicted molar refractivity (Wildman–Crippen MR) is 128 cm³/mol. The Hall–Kier alpha value is -3.39. The molecule has 1 aliphatic rings. The Balaban J connectivity index is 1.59. The summed E-state index contributed by atoms with van der Waals surface area (Å²) in [6.45, 7) is 4.17. The SMILES string of the molecule is COC(CCNC(=O)[C@H](CC(C)C)NC(=O)OCC1c2ccccc2-c2ccccc21)C(=O)O. The van der Waals surface area contributed by atoms with E-state index in [9.17, 15) is 14.4 Å². The summed E-state index contributed by atoms with van der Waals surface area (Å²) in [4.78, 5) is 36.4. The molecule has 2 amide bonds. The number of rotatable bonds is 11. The maximum absolute atomic E-state index is 12.7. The van der Waals surface area contributed by atoms with Crippen LogP contribution >= 0.6 is 0 Å². The Morgan fingerprint density at radius 1 is 1.00 bits per heavy atom. The van der Waals surface area contributed by atoms with Crippen LogP contribution in [0.25, 0.3) is 11.1 Å². The van der Waals surface area contributed by atoms with Gasteiger partial charge in [0.15, 0.2) is 6.10 Å². The number of carboxylic acid groups (broad SMARTS) is 1. The van der Waals surface area contributed by atoms with Crippen molar-refractivity contribution < 1.29 is 29.0 Å². The summed E-state index contributed by atoms with van der Waals surface area (Å²) in [5.41, 5.74) is 4.50. The molecule has 0 aromatic heterocycles. The summed E-state index contributed by atoms with van der Waals surface area (Å²) >= 11 is 0. The first kappa shape index (κ1) is 25.2. The number of carbonyl (C=O) groups excluding carboxylic acids is 2. The molecule has 8 nitrogen and oxygen atoms in total. The monoisotopic (exact) mass is 468 g/mol. The molecule has 0 heterocycles. The molecule has 0 spiro atoms. The molecule has 34 heavy (non-hydrogen) atoms. The van der Waals surface area contributed by atoms with E-state index >= 15 is 0 Å².